The number of nitrogens with two attached hydrogens (primary N) is 1. The second-order valence-electron chi connectivity index (χ2n) is 4.08. The Balaban J connectivity index is 2.22. The van der Waals surface area contributed by atoms with E-state index in [0.29, 0.717) is 5.95 Å². The van der Waals surface area contributed by atoms with Crippen LogP contribution < -0.4 is 5.73 Å². The van der Waals surface area contributed by atoms with Gasteiger partial charge < -0.3 is 5.73 Å². The first-order chi connectivity index (χ1) is 8.15. The molecule has 0 bridgehead atoms. The van der Waals surface area contributed by atoms with Gasteiger partial charge in [-0.2, -0.15) is 4.98 Å². The quantitative estimate of drug-likeness (QED) is 0.716. The monoisotopic (exact) mass is 244 g/mol. The third kappa shape index (κ3) is 1.59. The average Bonchev–Trinajstić information content (AvgIpc) is 2.81. The van der Waals surface area contributed by atoms with Crippen molar-refractivity contribution in [2.45, 2.75) is 13.8 Å². The summed E-state index contributed by atoms with van der Waals surface area (Å²) in [5.41, 5.74) is 10.3. The molecule has 5 heteroatoms. The number of aromatic nitrogens is 3. The zero-order valence-corrected chi connectivity index (χ0v) is 10.5. The molecule has 0 aliphatic heterocycles. The van der Waals surface area contributed by atoms with E-state index in [0.717, 1.165) is 16.2 Å². The van der Waals surface area contributed by atoms with Gasteiger partial charge in [-0.05, 0) is 31.0 Å². The van der Waals surface area contributed by atoms with Crippen molar-refractivity contribution in [3.8, 4) is 11.3 Å². The van der Waals surface area contributed by atoms with Gasteiger partial charge in [0, 0.05) is 10.9 Å². The molecule has 3 aromatic rings. The lowest BCUT2D eigenvalue weighted by atomic mass is 10.1. The van der Waals surface area contributed by atoms with E-state index in [-0.39, 0.29) is 0 Å². The maximum absolute atomic E-state index is 5.60. The van der Waals surface area contributed by atoms with Crippen LogP contribution in [-0.2, 0) is 0 Å². The molecule has 0 fully saturated rings. The minimum absolute atomic E-state index is 0.321. The van der Waals surface area contributed by atoms with Crippen molar-refractivity contribution in [3.05, 3.63) is 34.7 Å². The van der Waals surface area contributed by atoms with E-state index < -0.39 is 0 Å². The molecule has 0 aliphatic carbocycles. The first-order valence-electron chi connectivity index (χ1n) is 5.32. The van der Waals surface area contributed by atoms with Gasteiger partial charge >= 0.3 is 0 Å². The number of fused-ring (bicyclic) bond motifs is 1. The normalized spacial score (nSPS) is 11.2. The first kappa shape index (κ1) is 10.3. The van der Waals surface area contributed by atoms with Crippen molar-refractivity contribution in [1.82, 2.24) is 14.6 Å². The molecule has 0 saturated carbocycles. The van der Waals surface area contributed by atoms with Crippen LogP contribution in [0.15, 0.2) is 23.6 Å². The van der Waals surface area contributed by atoms with Crippen molar-refractivity contribution in [1.29, 1.82) is 0 Å². The number of aryl methyl sites for hydroxylation is 2. The Morgan fingerprint density at radius 1 is 1.24 bits per heavy atom. The summed E-state index contributed by atoms with van der Waals surface area (Å²) in [7, 11) is 0. The fraction of sp³-hybridized carbons (Fsp3) is 0.167. The maximum atomic E-state index is 5.60. The molecule has 0 saturated heterocycles. The molecule has 0 atom stereocenters. The molecule has 86 valence electrons. The summed E-state index contributed by atoms with van der Waals surface area (Å²) in [4.78, 5) is 4.98. The molecule has 0 unspecified atom stereocenters. The van der Waals surface area contributed by atoms with E-state index in [1.165, 1.54) is 11.1 Å². The Morgan fingerprint density at radius 2 is 2.06 bits per heavy atom. The van der Waals surface area contributed by atoms with E-state index in [1.54, 1.807) is 15.9 Å². The van der Waals surface area contributed by atoms with Crippen LogP contribution in [0.4, 0.5) is 5.95 Å². The van der Waals surface area contributed by atoms with Crippen LogP contribution >= 0.6 is 11.3 Å². The Hall–Kier alpha value is -1.88. The molecule has 1 aromatic carbocycles. The fourth-order valence-corrected chi connectivity index (χ4v) is 2.63. The number of hydrogen-bond acceptors (Lipinski definition) is 4. The Labute approximate surface area is 103 Å². The van der Waals surface area contributed by atoms with E-state index in [1.807, 2.05) is 0 Å². The molecule has 17 heavy (non-hydrogen) atoms. The summed E-state index contributed by atoms with van der Waals surface area (Å²) < 4.78 is 1.80. The number of benzene rings is 1. The topological polar surface area (TPSA) is 56.2 Å². The van der Waals surface area contributed by atoms with E-state index >= 15 is 0 Å². The van der Waals surface area contributed by atoms with Crippen LogP contribution in [0.2, 0.25) is 0 Å². The van der Waals surface area contributed by atoms with Crippen molar-refractivity contribution in [2.75, 3.05) is 5.73 Å². The van der Waals surface area contributed by atoms with Gasteiger partial charge in [0.25, 0.3) is 0 Å². The molecule has 0 amide bonds. The van der Waals surface area contributed by atoms with Crippen molar-refractivity contribution in [2.24, 2.45) is 0 Å². The number of nitrogens with zero attached hydrogens (tertiary/aromatic N) is 3. The predicted molar refractivity (Wildman–Crippen MR) is 70.2 cm³/mol. The van der Waals surface area contributed by atoms with Gasteiger partial charge in [-0.25, -0.2) is 4.52 Å². The van der Waals surface area contributed by atoms with Gasteiger partial charge in [0.15, 0.2) is 0 Å². The Morgan fingerprint density at radius 3 is 2.82 bits per heavy atom. The van der Waals surface area contributed by atoms with Crippen molar-refractivity contribution in [3.63, 3.8) is 0 Å². The molecule has 0 spiro atoms. The van der Waals surface area contributed by atoms with Gasteiger partial charge in [-0.15, -0.1) is 16.4 Å². The van der Waals surface area contributed by atoms with Crippen LogP contribution in [0.3, 0.4) is 0 Å². The molecule has 2 aromatic heterocycles. The third-order valence-corrected chi connectivity index (χ3v) is 3.72. The van der Waals surface area contributed by atoms with Crippen molar-refractivity contribution < 1.29 is 0 Å². The first-order valence-corrected chi connectivity index (χ1v) is 6.20. The minimum Gasteiger partial charge on any atom is -0.366 e. The second kappa shape index (κ2) is 3.56. The van der Waals surface area contributed by atoms with Crippen LogP contribution in [0, 0.1) is 13.8 Å². The van der Waals surface area contributed by atoms with Gasteiger partial charge in [-0.3, -0.25) is 0 Å². The number of thiazole rings is 1. The zero-order valence-electron chi connectivity index (χ0n) is 9.64. The highest BCUT2D eigenvalue weighted by molar-refractivity contribution is 7.15. The van der Waals surface area contributed by atoms with Crippen LogP contribution in [0.5, 0.6) is 0 Å². The lowest BCUT2D eigenvalue weighted by Crippen LogP contribution is -1.92. The van der Waals surface area contributed by atoms with E-state index in [9.17, 15) is 0 Å². The molecule has 2 N–H and O–H groups in total. The molecule has 0 radical (unpaired) electrons. The van der Waals surface area contributed by atoms with Gasteiger partial charge in [0.05, 0.1) is 5.69 Å². The number of anilines is 1. The van der Waals surface area contributed by atoms with Crippen LogP contribution in [0.25, 0.3) is 16.2 Å². The van der Waals surface area contributed by atoms with Crippen LogP contribution in [-0.4, -0.2) is 14.6 Å². The zero-order chi connectivity index (χ0) is 12.0. The standard InChI is InChI=1S/C12H12N4S/c1-7-3-4-9(5-8(7)2)10-6-17-12-14-11(13)15-16(10)12/h3-6H,1-2H3,(H2,13,15). The molecular formula is C12H12N4S. The predicted octanol–water partition coefficient (Wildman–Crippen LogP) is 2.66. The van der Waals surface area contributed by atoms with E-state index in [4.69, 9.17) is 5.73 Å². The summed E-state index contributed by atoms with van der Waals surface area (Å²) in [6, 6.07) is 6.38. The lowest BCUT2D eigenvalue weighted by molar-refractivity contribution is 0.992. The highest BCUT2D eigenvalue weighted by Gasteiger charge is 2.10. The highest BCUT2D eigenvalue weighted by atomic mass is 32.1. The molecule has 3 rings (SSSR count). The summed E-state index contributed by atoms with van der Waals surface area (Å²) in [5, 5.41) is 6.25. The van der Waals surface area contributed by atoms with Gasteiger partial charge in [0.1, 0.15) is 0 Å². The highest BCUT2D eigenvalue weighted by Crippen LogP contribution is 2.26. The average molecular weight is 244 g/mol. The molecule has 4 nitrogen and oxygen atoms in total. The minimum atomic E-state index is 0.321. The fourth-order valence-electron chi connectivity index (χ4n) is 1.80. The second-order valence-corrected chi connectivity index (χ2v) is 4.92. The van der Waals surface area contributed by atoms with Crippen molar-refractivity contribution >= 4 is 22.2 Å². The Kier molecular flexibility index (Phi) is 2.16. The number of nitrogen functional groups attached to an aromatic ring is 1. The number of rotatable bonds is 1. The summed E-state index contributed by atoms with van der Waals surface area (Å²) in [6.45, 7) is 4.22. The third-order valence-electron chi connectivity index (χ3n) is 2.90. The molecular weight excluding hydrogens is 232 g/mol. The van der Waals surface area contributed by atoms with Gasteiger partial charge in [-0.1, -0.05) is 12.1 Å². The summed E-state index contributed by atoms with van der Waals surface area (Å²) in [5.74, 6) is 0.321. The smallest absolute Gasteiger partial charge is 0.241 e. The SMILES string of the molecule is Cc1ccc(-c2csc3nc(N)nn23)cc1C. The summed E-state index contributed by atoms with van der Waals surface area (Å²) >= 11 is 1.55. The lowest BCUT2D eigenvalue weighted by Gasteiger charge is -2.03. The largest absolute Gasteiger partial charge is 0.366 e. The number of hydrogen-bond donors (Lipinski definition) is 1. The molecule has 0 aliphatic rings. The maximum Gasteiger partial charge on any atom is 0.241 e. The van der Waals surface area contributed by atoms with Crippen LogP contribution in [0.1, 0.15) is 11.1 Å². The summed E-state index contributed by atoms with van der Waals surface area (Å²) in [6.07, 6.45) is 0. The molecule has 2 heterocycles. The van der Waals surface area contributed by atoms with Gasteiger partial charge in [0.2, 0.25) is 10.9 Å². The van der Waals surface area contributed by atoms with E-state index in [2.05, 4.69) is 47.5 Å². The Bertz CT molecular complexity index is 696.